The molecule has 0 spiro atoms. The molecule has 6 heteroatoms. The van der Waals surface area contributed by atoms with Crippen LogP contribution in [0.2, 0.25) is 0 Å². The molecule has 22 heavy (non-hydrogen) atoms. The van der Waals surface area contributed by atoms with Crippen LogP contribution in [0.15, 0.2) is 23.1 Å². The summed E-state index contributed by atoms with van der Waals surface area (Å²) in [6.07, 6.45) is 3.09. The molecule has 2 rings (SSSR count). The highest BCUT2D eigenvalue weighted by molar-refractivity contribution is 7.98. The first kappa shape index (κ1) is 16.7. The zero-order valence-corrected chi connectivity index (χ0v) is 13.8. The van der Waals surface area contributed by atoms with Gasteiger partial charge in [-0.25, -0.2) is 4.79 Å². The molecule has 0 atom stereocenters. The van der Waals surface area contributed by atoms with Gasteiger partial charge < -0.3 is 15.3 Å². The lowest BCUT2D eigenvalue weighted by atomic mass is 9.97. The van der Waals surface area contributed by atoms with Crippen LogP contribution < -0.4 is 5.32 Å². The van der Waals surface area contributed by atoms with Crippen molar-refractivity contribution in [3.05, 3.63) is 29.3 Å². The number of hydrogen-bond acceptors (Lipinski definition) is 3. The fourth-order valence-electron chi connectivity index (χ4n) is 2.61. The number of carbonyl (C=O) groups is 2. The molecule has 1 fully saturated rings. The van der Waals surface area contributed by atoms with E-state index in [9.17, 15) is 9.59 Å². The van der Waals surface area contributed by atoms with Crippen molar-refractivity contribution in [2.75, 3.05) is 19.3 Å². The minimum absolute atomic E-state index is 0.114. The maximum atomic E-state index is 12.2. The summed E-state index contributed by atoms with van der Waals surface area (Å²) in [6.45, 7) is 3.56. The van der Waals surface area contributed by atoms with E-state index in [1.807, 2.05) is 18.4 Å². The van der Waals surface area contributed by atoms with Gasteiger partial charge >= 0.3 is 12.0 Å². The van der Waals surface area contributed by atoms with E-state index in [0.717, 1.165) is 5.56 Å². The third-order valence-electron chi connectivity index (χ3n) is 4.00. The summed E-state index contributed by atoms with van der Waals surface area (Å²) in [5.41, 5.74) is 2.31. The van der Waals surface area contributed by atoms with Crippen LogP contribution in [0.25, 0.3) is 0 Å². The number of thioether (sulfide) groups is 1. The number of urea groups is 1. The Morgan fingerprint density at radius 2 is 2.05 bits per heavy atom. The molecular formula is C16H22N2O3S. The van der Waals surface area contributed by atoms with Crippen LogP contribution in [0, 0.1) is 12.8 Å². The molecule has 1 saturated heterocycles. The summed E-state index contributed by atoms with van der Waals surface area (Å²) in [4.78, 5) is 26.0. The first-order chi connectivity index (χ1) is 10.5. The van der Waals surface area contributed by atoms with Gasteiger partial charge in [-0.3, -0.25) is 4.79 Å². The molecule has 0 aliphatic carbocycles. The largest absolute Gasteiger partial charge is 0.481 e. The maximum absolute atomic E-state index is 12.2. The van der Waals surface area contributed by atoms with Gasteiger partial charge in [0.2, 0.25) is 0 Å². The molecule has 2 amide bonds. The number of piperidine rings is 1. The molecule has 1 heterocycles. The Labute approximate surface area is 135 Å². The van der Waals surface area contributed by atoms with Crippen LogP contribution in [-0.2, 0) is 11.3 Å². The van der Waals surface area contributed by atoms with E-state index < -0.39 is 5.97 Å². The average molecular weight is 322 g/mol. The molecule has 0 saturated carbocycles. The van der Waals surface area contributed by atoms with Crippen LogP contribution in [0.4, 0.5) is 4.79 Å². The quantitative estimate of drug-likeness (QED) is 0.836. The van der Waals surface area contributed by atoms with Gasteiger partial charge in [0.05, 0.1) is 5.92 Å². The second-order valence-corrected chi connectivity index (χ2v) is 6.42. The number of benzene rings is 1. The van der Waals surface area contributed by atoms with E-state index in [-0.39, 0.29) is 11.9 Å². The molecule has 2 N–H and O–H groups in total. The first-order valence-corrected chi connectivity index (χ1v) is 8.63. The Morgan fingerprint density at radius 3 is 2.64 bits per heavy atom. The van der Waals surface area contributed by atoms with Crippen molar-refractivity contribution in [3.8, 4) is 0 Å². The molecule has 120 valence electrons. The number of carboxylic acids is 1. The molecule has 0 aromatic heterocycles. The summed E-state index contributed by atoms with van der Waals surface area (Å²) in [5, 5.41) is 11.9. The lowest BCUT2D eigenvalue weighted by Crippen LogP contribution is -2.45. The van der Waals surface area contributed by atoms with Crippen LogP contribution in [0.3, 0.4) is 0 Å². The molecule has 0 bridgehead atoms. The summed E-state index contributed by atoms with van der Waals surface area (Å²) < 4.78 is 0. The molecule has 5 nitrogen and oxygen atoms in total. The normalized spacial score (nSPS) is 15.6. The van der Waals surface area contributed by atoms with Gasteiger partial charge in [-0.15, -0.1) is 11.8 Å². The van der Waals surface area contributed by atoms with Crippen molar-refractivity contribution in [1.29, 1.82) is 0 Å². The standard InChI is InChI=1S/C16H22N2O3S/c1-11-3-4-13(14(9-11)22-2)10-17-16(21)18-7-5-12(6-8-18)15(19)20/h3-4,9,12H,5-8,10H2,1-2H3,(H,17,21)(H,19,20). The van der Waals surface area contributed by atoms with Gasteiger partial charge in [0, 0.05) is 24.5 Å². The van der Waals surface area contributed by atoms with Crippen molar-refractivity contribution < 1.29 is 14.7 Å². The molecule has 0 unspecified atom stereocenters. The third-order valence-corrected chi connectivity index (χ3v) is 4.82. The van der Waals surface area contributed by atoms with Crippen LogP contribution in [0.5, 0.6) is 0 Å². The summed E-state index contributed by atoms with van der Waals surface area (Å²) >= 11 is 1.67. The second-order valence-electron chi connectivity index (χ2n) is 5.57. The first-order valence-electron chi connectivity index (χ1n) is 7.40. The van der Waals surface area contributed by atoms with Gasteiger partial charge in [-0.1, -0.05) is 12.1 Å². The van der Waals surface area contributed by atoms with Crippen molar-refractivity contribution in [1.82, 2.24) is 10.2 Å². The fraction of sp³-hybridized carbons (Fsp3) is 0.500. The monoisotopic (exact) mass is 322 g/mol. The molecular weight excluding hydrogens is 300 g/mol. The predicted molar refractivity (Wildman–Crippen MR) is 87.1 cm³/mol. The summed E-state index contributed by atoms with van der Waals surface area (Å²) in [6, 6.07) is 6.08. The second kappa shape index (κ2) is 7.54. The number of likely N-dealkylation sites (tertiary alicyclic amines) is 1. The number of aliphatic carboxylic acids is 1. The maximum Gasteiger partial charge on any atom is 0.317 e. The van der Waals surface area contributed by atoms with Crippen LogP contribution >= 0.6 is 11.8 Å². The Kier molecular flexibility index (Phi) is 5.71. The smallest absolute Gasteiger partial charge is 0.317 e. The highest BCUT2D eigenvalue weighted by Gasteiger charge is 2.26. The van der Waals surface area contributed by atoms with Gasteiger partial charge in [-0.05, 0) is 43.2 Å². The number of carbonyl (C=O) groups excluding carboxylic acids is 1. The molecule has 0 radical (unpaired) electrons. The Balaban J connectivity index is 1.87. The lowest BCUT2D eigenvalue weighted by Gasteiger charge is -2.30. The molecule has 1 aliphatic rings. The summed E-state index contributed by atoms with van der Waals surface area (Å²) in [7, 11) is 0. The van der Waals surface area contributed by atoms with Gasteiger partial charge in [-0.2, -0.15) is 0 Å². The van der Waals surface area contributed by atoms with E-state index in [1.54, 1.807) is 16.7 Å². The molecule has 1 aromatic rings. The fourth-order valence-corrected chi connectivity index (χ4v) is 3.32. The van der Waals surface area contributed by atoms with E-state index in [0.29, 0.717) is 32.5 Å². The number of nitrogens with one attached hydrogen (secondary N) is 1. The van der Waals surface area contributed by atoms with E-state index in [1.165, 1.54) is 10.5 Å². The lowest BCUT2D eigenvalue weighted by molar-refractivity contribution is -0.143. The number of nitrogens with zero attached hydrogens (tertiary/aromatic N) is 1. The highest BCUT2D eigenvalue weighted by atomic mass is 32.2. The van der Waals surface area contributed by atoms with Crippen molar-refractivity contribution in [2.24, 2.45) is 5.92 Å². The van der Waals surface area contributed by atoms with E-state index in [4.69, 9.17) is 5.11 Å². The zero-order chi connectivity index (χ0) is 16.1. The number of aryl methyl sites for hydroxylation is 1. The topological polar surface area (TPSA) is 69.6 Å². The number of amides is 2. The Hall–Kier alpha value is -1.69. The molecule has 1 aromatic carbocycles. The number of hydrogen-bond donors (Lipinski definition) is 2. The summed E-state index contributed by atoms with van der Waals surface area (Å²) in [5.74, 6) is -1.08. The average Bonchev–Trinajstić information content (AvgIpc) is 2.53. The van der Waals surface area contributed by atoms with Crippen LogP contribution in [0.1, 0.15) is 24.0 Å². The predicted octanol–water partition coefficient (Wildman–Crippen LogP) is 2.72. The number of rotatable bonds is 4. The van der Waals surface area contributed by atoms with Gasteiger partial charge in [0.25, 0.3) is 0 Å². The third kappa shape index (κ3) is 4.16. The highest BCUT2D eigenvalue weighted by Crippen LogP contribution is 2.22. The van der Waals surface area contributed by atoms with Crippen molar-refractivity contribution in [3.63, 3.8) is 0 Å². The van der Waals surface area contributed by atoms with Crippen LogP contribution in [-0.4, -0.2) is 41.4 Å². The van der Waals surface area contributed by atoms with Gasteiger partial charge in [0.15, 0.2) is 0 Å². The Morgan fingerprint density at radius 1 is 1.36 bits per heavy atom. The van der Waals surface area contributed by atoms with Gasteiger partial charge in [0.1, 0.15) is 0 Å². The molecule has 1 aliphatic heterocycles. The van der Waals surface area contributed by atoms with E-state index in [2.05, 4.69) is 18.3 Å². The minimum atomic E-state index is -0.760. The Bertz CT molecular complexity index is 554. The number of carboxylic acid groups (broad SMARTS) is 1. The van der Waals surface area contributed by atoms with E-state index >= 15 is 0 Å². The minimum Gasteiger partial charge on any atom is -0.481 e. The van der Waals surface area contributed by atoms with Crippen molar-refractivity contribution >= 4 is 23.8 Å². The zero-order valence-electron chi connectivity index (χ0n) is 13.0. The SMILES string of the molecule is CSc1cc(C)ccc1CNC(=O)N1CCC(C(=O)O)CC1. The van der Waals surface area contributed by atoms with Crippen molar-refractivity contribution in [2.45, 2.75) is 31.2 Å².